The lowest BCUT2D eigenvalue weighted by Gasteiger charge is -2.34. The van der Waals surface area contributed by atoms with Crippen molar-refractivity contribution in [1.82, 2.24) is 24.9 Å². The van der Waals surface area contributed by atoms with Crippen LogP contribution in [0.2, 0.25) is 0 Å². The summed E-state index contributed by atoms with van der Waals surface area (Å²) in [6, 6.07) is 6.28. The summed E-state index contributed by atoms with van der Waals surface area (Å²) < 4.78 is 67.8. The first-order valence-corrected chi connectivity index (χ1v) is 10.7. The van der Waals surface area contributed by atoms with E-state index in [4.69, 9.17) is 5.73 Å². The molecule has 178 valence electrons. The van der Waals surface area contributed by atoms with Gasteiger partial charge >= 0.3 is 6.18 Å². The quantitative estimate of drug-likeness (QED) is 0.566. The molecule has 0 saturated heterocycles. The van der Waals surface area contributed by atoms with E-state index >= 15 is 0 Å². The van der Waals surface area contributed by atoms with Crippen LogP contribution in [0.3, 0.4) is 0 Å². The first-order chi connectivity index (χ1) is 16.1. The molecule has 0 aromatic carbocycles. The van der Waals surface area contributed by atoms with Crippen LogP contribution in [-0.4, -0.2) is 42.9 Å². The topological polar surface area (TPSA) is 93.7 Å². The van der Waals surface area contributed by atoms with Crippen molar-refractivity contribution in [2.24, 2.45) is 0 Å². The number of pyridine rings is 2. The number of hydrogen-bond acceptors (Lipinski definition) is 7. The number of hydrogen-bond donors (Lipinski definition) is 1. The first-order valence-electron chi connectivity index (χ1n) is 10.7. The molecule has 3 aromatic rings. The Morgan fingerprint density at radius 2 is 1.79 bits per heavy atom. The Bertz CT molecular complexity index is 1190. The van der Waals surface area contributed by atoms with Gasteiger partial charge in [0.25, 0.3) is 0 Å². The minimum Gasteiger partial charge on any atom is -0.368 e. The number of nitrogens with zero attached hydrogens (tertiary/aromatic N) is 6. The smallest absolute Gasteiger partial charge is 0.368 e. The summed E-state index contributed by atoms with van der Waals surface area (Å²) in [6.45, 7) is 0. The number of halogens is 5. The minimum atomic E-state index is -4.65. The number of anilines is 2. The average Bonchev–Trinajstić information content (AvgIpc) is 3.36. The Morgan fingerprint density at radius 1 is 0.971 bits per heavy atom. The zero-order chi connectivity index (χ0) is 24.1. The maximum atomic E-state index is 14.2. The Balaban J connectivity index is 1.55. The molecule has 0 bridgehead atoms. The third kappa shape index (κ3) is 4.36. The molecule has 2 aliphatic carbocycles. The maximum Gasteiger partial charge on any atom is 0.433 e. The Morgan fingerprint density at radius 3 is 2.50 bits per heavy atom. The highest BCUT2D eigenvalue weighted by atomic mass is 19.4. The van der Waals surface area contributed by atoms with Crippen LogP contribution in [0.15, 0.2) is 36.5 Å². The Labute approximate surface area is 191 Å². The van der Waals surface area contributed by atoms with Crippen molar-refractivity contribution in [1.29, 1.82) is 0 Å². The zero-order valence-corrected chi connectivity index (χ0v) is 17.8. The van der Waals surface area contributed by atoms with Crippen LogP contribution in [0.25, 0.3) is 11.5 Å². The molecule has 2 atom stereocenters. The van der Waals surface area contributed by atoms with Crippen molar-refractivity contribution in [2.75, 3.05) is 10.6 Å². The molecule has 2 unspecified atom stereocenters. The molecule has 1 fully saturated rings. The zero-order valence-electron chi connectivity index (χ0n) is 17.8. The fourth-order valence-electron chi connectivity index (χ4n) is 4.70. The second-order valence-corrected chi connectivity index (χ2v) is 8.55. The number of aromatic nitrogens is 5. The molecule has 34 heavy (non-hydrogen) atoms. The van der Waals surface area contributed by atoms with E-state index in [0.717, 1.165) is 17.3 Å². The molecule has 0 radical (unpaired) electrons. The first kappa shape index (κ1) is 22.4. The number of nitrogens with two attached hydrogens (primary N) is 1. The van der Waals surface area contributed by atoms with Crippen LogP contribution in [-0.2, 0) is 19.0 Å². The van der Waals surface area contributed by atoms with Crippen LogP contribution >= 0.6 is 0 Å². The highest BCUT2D eigenvalue weighted by molar-refractivity contribution is 5.55. The minimum absolute atomic E-state index is 0.0437. The second kappa shape index (κ2) is 8.10. The average molecular weight is 477 g/mol. The van der Waals surface area contributed by atoms with E-state index in [1.165, 1.54) is 12.1 Å². The molecular weight excluding hydrogens is 457 g/mol. The third-order valence-electron chi connectivity index (χ3n) is 6.17. The van der Waals surface area contributed by atoms with Crippen molar-refractivity contribution in [3.05, 3.63) is 53.5 Å². The van der Waals surface area contributed by atoms with Crippen LogP contribution in [0.4, 0.5) is 33.8 Å². The molecule has 3 heterocycles. The summed E-state index contributed by atoms with van der Waals surface area (Å²) >= 11 is 0. The lowest BCUT2D eigenvalue weighted by molar-refractivity contribution is -0.141. The molecule has 7 nitrogen and oxygen atoms in total. The summed E-state index contributed by atoms with van der Waals surface area (Å²) in [5, 5.41) is 0. The predicted molar refractivity (Wildman–Crippen MR) is 113 cm³/mol. The fraction of sp³-hybridized carbons (Fsp3) is 0.409. The van der Waals surface area contributed by atoms with Gasteiger partial charge in [0.15, 0.2) is 5.82 Å². The van der Waals surface area contributed by atoms with Crippen molar-refractivity contribution in [3.63, 3.8) is 0 Å². The number of fused-ring (bicyclic) bond motifs is 1. The highest BCUT2D eigenvalue weighted by Gasteiger charge is 2.45. The molecule has 5 rings (SSSR count). The van der Waals surface area contributed by atoms with Gasteiger partial charge in [-0.15, -0.1) is 0 Å². The maximum absolute atomic E-state index is 14.2. The van der Waals surface area contributed by atoms with Crippen LogP contribution in [0.5, 0.6) is 0 Å². The second-order valence-electron chi connectivity index (χ2n) is 8.55. The van der Waals surface area contributed by atoms with Crippen molar-refractivity contribution in [2.45, 2.75) is 56.3 Å². The van der Waals surface area contributed by atoms with E-state index < -0.39 is 23.8 Å². The van der Waals surface area contributed by atoms with Gasteiger partial charge < -0.3 is 10.6 Å². The monoisotopic (exact) mass is 477 g/mol. The molecule has 1 saturated carbocycles. The molecule has 2 N–H and O–H groups in total. The summed E-state index contributed by atoms with van der Waals surface area (Å²) in [7, 11) is 0. The molecule has 3 aromatic heterocycles. The third-order valence-corrected chi connectivity index (χ3v) is 6.17. The number of rotatable bonds is 4. The molecule has 0 aliphatic heterocycles. The summed E-state index contributed by atoms with van der Waals surface area (Å²) in [6.07, 6.45) is -2.36. The Kier molecular flexibility index (Phi) is 5.33. The molecule has 0 amide bonds. The van der Waals surface area contributed by atoms with Gasteiger partial charge in [0.1, 0.15) is 11.4 Å². The van der Waals surface area contributed by atoms with Crippen LogP contribution in [0, 0.1) is 0 Å². The fourth-order valence-corrected chi connectivity index (χ4v) is 4.70. The number of nitrogen functional groups attached to an aromatic ring is 1. The SMILES string of the molecule is Nc1nc(-c2cccc(C(F)(F)F)n2)nc(N(C2Cc3cccnc3C2)C2CCC(F)(F)C2)n1. The lowest BCUT2D eigenvalue weighted by Crippen LogP contribution is -2.45. The largest absolute Gasteiger partial charge is 0.433 e. The predicted octanol–water partition coefficient (Wildman–Crippen LogP) is 4.09. The van der Waals surface area contributed by atoms with Gasteiger partial charge in [-0.2, -0.15) is 28.1 Å². The lowest BCUT2D eigenvalue weighted by atomic mass is 10.1. The molecule has 0 spiro atoms. The van der Waals surface area contributed by atoms with E-state index in [2.05, 4.69) is 24.9 Å². The van der Waals surface area contributed by atoms with E-state index in [9.17, 15) is 22.0 Å². The van der Waals surface area contributed by atoms with Gasteiger partial charge in [-0.1, -0.05) is 12.1 Å². The van der Waals surface area contributed by atoms with Gasteiger partial charge in [-0.05, 0) is 36.6 Å². The summed E-state index contributed by atoms with van der Waals surface area (Å²) in [5.41, 5.74) is 6.52. The summed E-state index contributed by atoms with van der Waals surface area (Å²) in [5.74, 6) is -3.17. The normalized spacial score (nSPS) is 21.4. The standard InChI is InChI=1S/C22H20F5N7/c23-21(24)7-6-13(11-21)34(14-9-12-3-2-8-29-16(12)10-14)20-32-18(31-19(28)33-20)15-4-1-5-17(30-15)22(25,26)27/h1-5,8,13-14H,6-7,9-11H2,(H2,28,31,32,33). The van der Waals surface area contributed by atoms with Gasteiger partial charge in [-0.25, -0.2) is 13.8 Å². The van der Waals surface area contributed by atoms with Crippen molar-refractivity contribution < 1.29 is 22.0 Å². The molecule has 12 heteroatoms. The number of alkyl halides is 5. The van der Waals surface area contributed by atoms with Gasteiger partial charge in [0.2, 0.25) is 17.8 Å². The van der Waals surface area contributed by atoms with E-state index in [0.29, 0.717) is 12.8 Å². The molecular formula is C22H20F5N7. The van der Waals surface area contributed by atoms with E-state index in [1.807, 2.05) is 12.1 Å². The highest BCUT2D eigenvalue weighted by Crippen LogP contribution is 2.41. The van der Waals surface area contributed by atoms with Gasteiger partial charge in [-0.3, -0.25) is 4.98 Å². The Hall–Kier alpha value is -3.44. The van der Waals surface area contributed by atoms with Gasteiger partial charge in [0.05, 0.1) is 0 Å². The van der Waals surface area contributed by atoms with Crippen molar-refractivity contribution >= 4 is 11.9 Å². The van der Waals surface area contributed by atoms with E-state index in [-0.39, 0.29) is 48.7 Å². The molecule has 2 aliphatic rings. The summed E-state index contributed by atoms with van der Waals surface area (Å²) in [4.78, 5) is 22.3. The van der Waals surface area contributed by atoms with Crippen LogP contribution in [0.1, 0.15) is 36.2 Å². The van der Waals surface area contributed by atoms with Crippen molar-refractivity contribution in [3.8, 4) is 11.5 Å². The van der Waals surface area contributed by atoms with E-state index in [1.54, 1.807) is 11.1 Å². The van der Waals surface area contributed by atoms with Crippen LogP contribution < -0.4 is 10.6 Å². The van der Waals surface area contributed by atoms with Gasteiger partial charge in [0, 0.05) is 43.2 Å².